The van der Waals surface area contributed by atoms with Crippen molar-refractivity contribution in [2.75, 3.05) is 19.8 Å². The molecule has 1 unspecified atom stereocenters. The molecule has 0 amide bonds. The lowest BCUT2D eigenvalue weighted by molar-refractivity contribution is -0.162. The van der Waals surface area contributed by atoms with Gasteiger partial charge in [0.2, 0.25) is 0 Å². The summed E-state index contributed by atoms with van der Waals surface area (Å²) in [5.74, 6) is -0.467. The first-order chi connectivity index (χ1) is 34.6. The maximum Gasteiger partial charge on any atom is 0.306 e. The maximum atomic E-state index is 12.9. The van der Waals surface area contributed by atoms with Gasteiger partial charge in [0, 0.05) is 19.4 Å². The van der Waals surface area contributed by atoms with E-state index in [9.17, 15) is 9.59 Å². The van der Waals surface area contributed by atoms with Crippen LogP contribution in [0, 0.1) is 0 Å². The molecule has 0 spiro atoms. The second-order valence-electron chi connectivity index (χ2n) is 19.5. The van der Waals surface area contributed by atoms with Crippen molar-refractivity contribution in [1.29, 1.82) is 0 Å². The van der Waals surface area contributed by atoms with Crippen molar-refractivity contribution in [2.45, 2.75) is 284 Å². The third-order valence-corrected chi connectivity index (χ3v) is 12.6. The molecule has 0 aliphatic heterocycles. The lowest BCUT2D eigenvalue weighted by Gasteiger charge is -2.18. The Morgan fingerprint density at radius 1 is 0.329 bits per heavy atom. The Morgan fingerprint density at radius 2 is 0.657 bits per heavy atom. The molecule has 0 radical (unpaired) electrons. The molecule has 0 N–H and O–H groups in total. The van der Waals surface area contributed by atoms with Gasteiger partial charge in [0.05, 0.1) is 6.61 Å². The second-order valence-corrected chi connectivity index (χ2v) is 19.5. The summed E-state index contributed by atoms with van der Waals surface area (Å²) in [6, 6.07) is 0. The van der Waals surface area contributed by atoms with Crippen molar-refractivity contribution in [2.24, 2.45) is 0 Å². The van der Waals surface area contributed by atoms with Gasteiger partial charge in [-0.25, -0.2) is 0 Å². The first kappa shape index (κ1) is 66.8. The second kappa shape index (κ2) is 60.1. The Hall–Kier alpha value is -3.18. The van der Waals surface area contributed by atoms with Crippen molar-refractivity contribution in [3.8, 4) is 0 Å². The molecule has 0 heterocycles. The molecule has 5 heteroatoms. The topological polar surface area (TPSA) is 61.8 Å². The molecule has 5 nitrogen and oxygen atoms in total. The van der Waals surface area contributed by atoms with E-state index in [1.165, 1.54) is 161 Å². The first-order valence-corrected chi connectivity index (χ1v) is 29.8. The number of esters is 2. The van der Waals surface area contributed by atoms with E-state index >= 15 is 0 Å². The molecule has 402 valence electrons. The van der Waals surface area contributed by atoms with Crippen LogP contribution in [0.15, 0.2) is 97.2 Å². The van der Waals surface area contributed by atoms with Crippen molar-refractivity contribution in [3.05, 3.63) is 97.2 Å². The predicted molar refractivity (Wildman–Crippen MR) is 306 cm³/mol. The van der Waals surface area contributed by atoms with Crippen LogP contribution >= 0.6 is 0 Å². The van der Waals surface area contributed by atoms with E-state index in [1.807, 2.05) is 0 Å². The molecule has 0 rings (SSSR count). The van der Waals surface area contributed by atoms with Gasteiger partial charge < -0.3 is 14.2 Å². The van der Waals surface area contributed by atoms with Crippen LogP contribution < -0.4 is 0 Å². The van der Waals surface area contributed by atoms with Crippen LogP contribution in [0.25, 0.3) is 0 Å². The van der Waals surface area contributed by atoms with Gasteiger partial charge in [-0.15, -0.1) is 0 Å². The van der Waals surface area contributed by atoms with E-state index in [-0.39, 0.29) is 25.2 Å². The fourth-order valence-corrected chi connectivity index (χ4v) is 8.16. The highest BCUT2D eigenvalue weighted by Gasteiger charge is 2.17. The number of ether oxygens (including phenoxy) is 3. The standard InChI is InChI=1S/C65H112O5/c1-4-7-10-13-16-19-22-25-28-31-33-35-37-40-43-46-49-52-55-58-64(66)69-62-63(61-68-60-57-54-51-48-45-42-39-36-32-29-26-23-20-17-14-11-8-5-2)70-65(67)59-56-53-50-47-44-41-38-34-30-27-24-21-18-15-12-9-6-3/h9,12,16,18-19,21,25-30,38,41,47,50,63H,4-8,10-11,13-15,17,20,22-24,31-37,39-40,42-46,48-49,51-62H2,1-3H3/b12-9-,19-16-,21-18-,28-25-,29-26-,30-27-,41-38-,50-47-. The van der Waals surface area contributed by atoms with E-state index in [1.54, 1.807) is 0 Å². The number of rotatable bonds is 54. The van der Waals surface area contributed by atoms with Crippen LogP contribution in [0.3, 0.4) is 0 Å². The summed E-state index contributed by atoms with van der Waals surface area (Å²) >= 11 is 0. The zero-order valence-corrected chi connectivity index (χ0v) is 46.3. The average molecular weight is 974 g/mol. The largest absolute Gasteiger partial charge is 0.462 e. The van der Waals surface area contributed by atoms with Gasteiger partial charge in [-0.1, -0.05) is 246 Å². The SMILES string of the molecule is CC/C=C\C/C=C\C/C=C\C/C=C\C/C=C\CCCC(=O)OC(COCCCCCCCCCC/C=C\CCCCCCCC)COC(=O)CCCCCCCCCCC/C=C\C/C=C\CCCCC. The summed E-state index contributed by atoms with van der Waals surface area (Å²) in [6.45, 7) is 7.64. The van der Waals surface area contributed by atoms with Crippen LogP contribution in [-0.4, -0.2) is 37.9 Å². The third kappa shape index (κ3) is 57.4. The number of hydrogen-bond donors (Lipinski definition) is 0. The fraction of sp³-hybridized carbons (Fsp3) is 0.723. The summed E-state index contributed by atoms with van der Waals surface area (Å²) in [6.07, 6.45) is 81.5. The lowest BCUT2D eigenvalue weighted by atomic mass is 10.1. The van der Waals surface area contributed by atoms with Gasteiger partial charge in [-0.3, -0.25) is 9.59 Å². The molecular formula is C65H112O5. The van der Waals surface area contributed by atoms with Crippen LogP contribution in [0.1, 0.15) is 278 Å². The number of carbonyl (C=O) groups is 2. The zero-order chi connectivity index (χ0) is 50.6. The fourth-order valence-electron chi connectivity index (χ4n) is 8.16. The maximum absolute atomic E-state index is 12.9. The van der Waals surface area contributed by atoms with E-state index in [4.69, 9.17) is 14.2 Å². The number of unbranched alkanes of at least 4 members (excludes halogenated alkanes) is 27. The Bertz CT molecular complexity index is 1330. The van der Waals surface area contributed by atoms with E-state index in [0.29, 0.717) is 19.4 Å². The minimum Gasteiger partial charge on any atom is -0.462 e. The summed E-state index contributed by atoms with van der Waals surface area (Å²) in [5, 5.41) is 0. The molecule has 0 aliphatic carbocycles. The molecule has 0 aromatic carbocycles. The molecule has 1 atom stereocenters. The third-order valence-electron chi connectivity index (χ3n) is 12.6. The summed E-state index contributed by atoms with van der Waals surface area (Å²) in [7, 11) is 0. The van der Waals surface area contributed by atoms with E-state index in [2.05, 4.69) is 118 Å². The average Bonchev–Trinajstić information content (AvgIpc) is 3.36. The van der Waals surface area contributed by atoms with Crippen LogP contribution in [0.5, 0.6) is 0 Å². The summed E-state index contributed by atoms with van der Waals surface area (Å²) < 4.78 is 17.4. The number of hydrogen-bond acceptors (Lipinski definition) is 5. The lowest BCUT2D eigenvalue weighted by Crippen LogP contribution is -2.30. The van der Waals surface area contributed by atoms with Crippen molar-refractivity contribution < 1.29 is 23.8 Å². The van der Waals surface area contributed by atoms with Gasteiger partial charge >= 0.3 is 11.9 Å². The zero-order valence-electron chi connectivity index (χ0n) is 46.3. The monoisotopic (exact) mass is 973 g/mol. The normalized spacial score (nSPS) is 12.9. The molecule has 0 aromatic rings. The van der Waals surface area contributed by atoms with Crippen LogP contribution in [0.2, 0.25) is 0 Å². The van der Waals surface area contributed by atoms with Gasteiger partial charge in [-0.2, -0.15) is 0 Å². The van der Waals surface area contributed by atoms with Crippen molar-refractivity contribution >= 4 is 11.9 Å². The Labute approximate surface area is 434 Å². The van der Waals surface area contributed by atoms with E-state index < -0.39 is 6.10 Å². The predicted octanol–water partition coefficient (Wildman–Crippen LogP) is 20.6. The van der Waals surface area contributed by atoms with Gasteiger partial charge in [0.25, 0.3) is 0 Å². The Balaban J connectivity index is 4.37. The van der Waals surface area contributed by atoms with Crippen molar-refractivity contribution in [3.63, 3.8) is 0 Å². The molecule has 0 fully saturated rings. The minimum absolute atomic E-state index is 0.0558. The molecule has 70 heavy (non-hydrogen) atoms. The number of allylic oxidation sites excluding steroid dienone is 16. The van der Waals surface area contributed by atoms with E-state index in [0.717, 1.165) is 83.5 Å². The van der Waals surface area contributed by atoms with Gasteiger partial charge in [0.1, 0.15) is 6.61 Å². The highest BCUT2D eigenvalue weighted by molar-refractivity contribution is 5.70. The van der Waals surface area contributed by atoms with Crippen LogP contribution in [0.4, 0.5) is 0 Å². The first-order valence-electron chi connectivity index (χ1n) is 29.8. The van der Waals surface area contributed by atoms with Gasteiger partial charge in [0.15, 0.2) is 6.10 Å². The number of carbonyl (C=O) groups excluding carboxylic acids is 2. The highest BCUT2D eigenvalue weighted by atomic mass is 16.6. The molecule has 0 saturated carbocycles. The molecule has 0 saturated heterocycles. The molecule has 0 bridgehead atoms. The molecule has 0 aromatic heterocycles. The Kier molecular flexibility index (Phi) is 57.4. The smallest absolute Gasteiger partial charge is 0.306 e. The quantitative estimate of drug-likeness (QED) is 0.0345. The molecule has 0 aliphatic rings. The molecular weight excluding hydrogens is 861 g/mol. The van der Waals surface area contributed by atoms with Gasteiger partial charge in [-0.05, 0) is 116 Å². The van der Waals surface area contributed by atoms with Crippen molar-refractivity contribution in [1.82, 2.24) is 0 Å². The highest BCUT2D eigenvalue weighted by Crippen LogP contribution is 2.15. The minimum atomic E-state index is -0.575. The summed E-state index contributed by atoms with van der Waals surface area (Å²) in [5.41, 5.74) is 0. The summed E-state index contributed by atoms with van der Waals surface area (Å²) in [4.78, 5) is 25.5. The van der Waals surface area contributed by atoms with Crippen LogP contribution in [-0.2, 0) is 23.8 Å². The Morgan fingerprint density at radius 3 is 1.11 bits per heavy atom.